The third-order valence-corrected chi connectivity index (χ3v) is 4.40. The summed E-state index contributed by atoms with van der Waals surface area (Å²) in [6.07, 6.45) is 1.59. The summed E-state index contributed by atoms with van der Waals surface area (Å²) in [6.45, 7) is 0. The molecule has 3 rings (SSSR count). The lowest BCUT2D eigenvalue weighted by molar-refractivity contribution is -0.384. The number of non-ortho nitro benzene ring substituents is 1. The molecule has 2 amide bonds. The maximum atomic E-state index is 12.2. The van der Waals surface area contributed by atoms with Crippen LogP contribution in [0.15, 0.2) is 82.7 Å². The van der Waals surface area contributed by atoms with Gasteiger partial charge in [-0.05, 0) is 36.4 Å². The highest BCUT2D eigenvalue weighted by atomic mass is 32.2. The van der Waals surface area contributed by atoms with Gasteiger partial charge in [0.1, 0.15) is 5.82 Å². The van der Waals surface area contributed by atoms with Crippen molar-refractivity contribution in [3.63, 3.8) is 0 Å². The molecule has 0 unspecified atom stereocenters. The monoisotopic (exact) mass is 366 g/mol. The number of carbonyl (C=O) groups is 1. The number of nitro benzene ring substituents is 1. The molecule has 0 fully saturated rings. The molecule has 26 heavy (non-hydrogen) atoms. The largest absolute Gasteiger partial charge is 0.324 e. The van der Waals surface area contributed by atoms with Crippen LogP contribution in [0.25, 0.3) is 0 Å². The molecule has 8 heteroatoms. The molecule has 0 radical (unpaired) electrons. The summed E-state index contributed by atoms with van der Waals surface area (Å²) >= 11 is 1.40. The Bertz CT molecular complexity index is 917. The first-order valence-corrected chi connectivity index (χ1v) is 8.44. The van der Waals surface area contributed by atoms with E-state index in [0.717, 1.165) is 9.79 Å². The zero-order valence-electron chi connectivity index (χ0n) is 13.5. The van der Waals surface area contributed by atoms with Crippen molar-refractivity contribution in [1.82, 2.24) is 4.98 Å². The number of para-hydroxylation sites is 1. The Morgan fingerprint density at radius 3 is 2.38 bits per heavy atom. The number of carbonyl (C=O) groups excluding carboxylic acids is 1. The van der Waals surface area contributed by atoms with Crippen molar-refractivity contribution < 1.29 is 9.72 Å². The highest BCUT2D eigenvalue weighted by Gasteiger charge is 2.10. The van der Waals surface area contributed by atoms with Crippen LogP contribution in [-0.4, -0.2) is 15.9 Å². The van der Waals surface area contributed by atoms with Gasteiger partial charge in [-0.25, -0.2) is 9.78 Å². The fourth-order valence-corrected chi connectivity index (χ4v) is 3.03. The molecule has 1 aromatic heterocycles. The summed E-state index contributed by atoms with van der Waals surface area (Å²) < 4.78 is 0. The van der Waals surface area contributed by atoms with E-state index in [4.69, 9.17) is 0 Å². The smallest absolute Gasteiger partial charge is 0.307 e. The molecule has 3 aromatic rings. The second-order valence-corrected chi connectivity index (χ2v) is 6.26. The number of rotatable bonds is 5. The van der Waals surface area contributed by atoms with Crippen LogP contribution in [0.4, 0.5) is 22.0 Å². The van der Waals surface area contributed by atoms with Crippen LogP contribution < -0.4 is 10.6 Å². The van der Waals surface area contributed by atoms with Crippen molar-refractivity contribution in [3.8, 4) is 0 Å². The molecule has 130 valence electrons. The van der Waals surface area contributed by atoms with Crippen molar-refractivity contribution in [1.29, 1.82) is 0 Å². The van der Waals surface area contributed by atoms with Crippen LogP contribution in [0.5, 0.6) is 0 Å². The fourth-order valence-electron chi connectivity index (χ4n) is 2.13. The number of nitrogens with one attached hydrogen (secondary N) is 2. The maximum Gasteiger partial charge on any atom is 0.324 e. The van der Waals surface area contributed by atoms with Crippen molar-refractivity contribution in [2.75, 3.05) is 10.6 Å². The lowest BCUT2D eigenvalue weighted by atomic mass is 10.3. The molecule has 0 bridgehead atoms. The normalized spacial score (nSPS) is 10.2. The van der Waals surface area contributed by atoms with E-state index in [1.807, 2.05) is 18.2 Å². The standard InChI is InChI=1S/C18H14N4O3S/c23-18(21-17-7-3-4-12-19-17)20-15-5-1-2-6-16(15)26-14-10-8-13(9-11-14)22(24)25/h1-12H,(H2,19,20,21,23). The van der Waals surface area contributed by atoms with Crippen molar-refractivity contribution in [2.45, 2.75) is 9.79 Å². The van der Waals surface area contributed by atoms with E-state index >= 15 is 0 Å². The van der Waals surface area contributed by atoms with Crippen LogP contribution in [0.2, 0.25) is 0 Å². The lowest BCUT2D eigenvalue weighted by Crippen LogP contribution is -2.20. The number of urea groups is 1. The van der Waals surface area contributed by atoms with Gasteiger partial charge < -0.3 is 5.32 Å². The second-order valence-electron chi connectivity index (χ2n) is 5.14. The van der Waals surface area contributed by atoms with Gasteiger partial charge in [0.25, 0.3) is 5.69 Å². The third-order valence-electron chi connectivity index (χ3n) is 3.32. The Labute approximate surface area is 153 Å². The van der Waals surface area contributed by atoms with E-state index in [2.05, 4.69) is 15.6 Å². The van der Waals surface area contributed by atoms with Crippen LogP contribution in [0.3, 0.4) is 0 Å². The molecule has 0 aliphatic carbocycles. The summed E-state index contributed by atoms with van der Waals surface area (Å²) in [7, 11) is 0. The molecule has 1 heterocycles. The SMILES string of the molecule is O=C(Nc1ccccn1)Nc1ccccc1Sc1ccc([N+](=O)[O-])cc1. The van der Waals surface area contributed by atoms with Gasteiger partial charge in [0.15, 0.2) is 0 Å². The van der Waals surface area contributed by atoms with E-state index < -0.39 is 11.0 Å². The number of hydrogen-bond acceptors (Lipinski definition) is 5. The van der Waals surface area contributed by atoms with Gasteiger partial charge in [0.2, 0.25) is 0 Å². The molecule has 0 aliphatic rings. The van der Waals surface area contributed by atoms with E-state index in [1.165, 1.54) is 23.9 Å². The number of benzene rings is 2. The van der Waals surface area contributed by atoms with Gasteiger partial charge in [-0.15, -0.1) is 0 Å². The number of nitrogens with zero attached hydrogens (tertiary/aromatic N) is 2. The van der Waals surface area contributed by atoms with Crippen LogP contribution in [-0.2, 0) is 0 Å². The molecular weight excluding hydrogens is 352 g/mol. The molecule has 0 saturated carbocycles. The Balaban J connectivity index is 1.71. The minimum atomic E-state index is -0.439. The van der Waals surface area contributed by atoms with E-state index in [9.17, 15) is 14.9 Å². The van der Waals surface area contributed by atoms with Crippen molar-refractivity contribution in [2.24, 2.45) is 0 Å². The van der Waals surface area contributed by atoms with Gasteiger partial charge >= 0.3 is 6.03 Å². The lowest BCUT2D eigenvalue weighted by Gasteiger charge is -2.11. The zero-order valence-corrected chi connectivity index (χ0v) is 14.3. The number of aromatic nitrogens is 1. The molecule has 0 atom stereocenters. The first kappa shape index (κ1) is 17.4. The molecular formula is C18H14N4O3S. The summed E-state index contributed by atoms with van der Waals surface area (Å²) in [4.78, 5) is 28.1. The Hall–Kier alpha value is -3.39. The second kappa shape index (κ2) is 8.13. The Morgan fingerprint density at radius 1 is 0.962 bits per heavy atom. The number of nitro groups is 1. The highest BCUT2D eigenvalue weighted by Crippen LogP contribution is 2.34. The first-order valence-electron chi connectivity index (χ1n) is 7.62. The average molecular weight is 366 g/mol. The number of pyridine rings is 1. The Kier molecular flexibility index (Phi) is 5.45. The molecule has 0 aliphatic heterocycles. The first-order chi connectivity index (χ1) is 12.6. The Morgan fingerprint density at radius 2 is 1.69 bits per heavy atom. The van der Waals surface area contributed by atoms with E-state index in [1.54, 1.807) is 42.6 Å². The average Bonchev–Trinajstić information content (AvgIpc) is 2.64. The summed E-state index contributed by atoms with van der Waals surface area (Å²) in [5, 5.41) is 16.2. The molecule has 7 nitrogen and oxygen atoms in total. The fraction of sp³-hybridized carbons (Fsp3) is 0. The molecule has 2 N–H and O–H groups in total. The third kappa shape index (κ3) is 4.58. The van der Waals surface area contributed by atoms with Crippen LogP contribution >= 0.6 is 11.8 Å². The van der Waals surface area contributed by atoms with Gasteiger partial charge in [-0.2, -0.15) is 0 Å². The topological polar surface area (TPSA) is 97.2 Å². The molecule has 0 spiro atoms. The minimum absolute atomic E-state index is 0.0375. The predicted octanol–water partition coefficient (Wildman–Crippen LogP) is 4.79. The summed E-state index contributed by atoms with van der Waals surface area (Å²) in [5.41, 5.74) is 0.666. The number of hydrogen-bond donors (Lipinski definition) is 2. The predicted molar refractivity (Wildman–Crippen MR) is 101 cm³/mol. The van der Waals surface area contributed by atoms with Gasteiger partial charge in [0.05, 0.1) is 10.6 Å². The molecule has 0 saturated heterocycles. The summed E-state index contributed by atoms with van der Waals surface area (Å²) in [5.74, 6) is 0.450. The number of anilines is 2. The highest BCUT2D eigenvalue weighted by molar-refractivity contribution is 7.99. The van der Waals surface area contributed by atoms with E-state index in [0.29, 0.717) is 11.5 Å². The van der Waals surface area contributed by atoms with Crippen molar-refractivity contribution in [3.05, 3.63) is 83.0 Å². The molecule has 2 aromatic carbocycles. The summed E-state index contributed by atoms with van der Waals surface area (Å²) in [6, 6.07) is 18.4. The zero-order chi connectivity index (χ0) is 18.4. The quantitative estimate of drug-likeness (QED) is 0.500. The maximum absolute atomic E-state index is 12.2. The number of amides is 2. The van der Waals surface area contributed by atoms with Gasteiger partial charge in [0, 0.05) is 28.1 Å². The van der Waals surface area contributed by atoms with Crippen molar-refractivity contribution >= 4 is 35.0 Å². The van der Waals surface area contributed by atoms with Gasteiger partial charge in [-0.1, -0.05) is 30.0 Å². The van der Waals surface area contributed by atoms with Gasteiger partial charge in [-0.3, -0.25) is 15.4 Å². The van der Waals surface area contributed by atoms with Crippen LogP contribution in [0, 0.1) is 10.1 Å². The van der Waals surface area contributed by atoms with Crippen LogP contribution in [0.1, 0.15) is 0 Å². The van der Waals surface area contributed by atoms with E-state index in [-0.39, 0.29) is 5.69 Å². The minimum Gasteiger partial charge on any atom is -0.307 e.